The van der Waals surface area contributed by atoms with Gasteiger partial charge in [-0.2, -0.15) is 5.10 Å². The first-order valence-corrected chi connectivity index (χ1v) is 9.65. The topological polar surface area (TPSA) is 102 Å². The molecule has 3 rings (SSSR count). The van der Waals surface area contributed by atoms with Crippen molar-refractivity contribution >= 4 is 23.6 Å². The Balaban J connectivity index is 1.61. The lowest BCUT2D eigenvalue weighted by Gasteiger charge is -2.10. The first kappa shape index (κ1) is 18.4. The second-order valence-electron chi connectivity index (χ2n) is 6.27. The molecule has 1 aliphatic carbocycles. The van der Waals surface area contributed by atoms with Crippen molar-refractivity contribution in [2.24, 2.45) is 0 Å². The summed E-state index contributed by atoms with van der Waals surface area (Å²) in [5.74, 6) is 0.643. The largest absolute Gasteiger partial charge is 0.353 e. The quantitative estimate of drug-likeness (QED) is 0.537. The minimum absolute atomic E-state index is 0.0253. The molecule has 0 spiro atoms. The molecule has 0 aliphatic heterocycles. The molecule has 2 aromatic heterocycles. The third-order valence-corrected chi connectivity index (χ3v) is 4.89. The monoisotopic (exact) mass is 374 g/mol. The van der Waals surface area contributed by atoms with Crippen molar-refractivity contribution < 1.29 is 9.59 Å². The van der Waals surface area contributed by atoms with Gasteiger partial charge in [0.05, 0.1) is 5.75 Å². The fourth-order valence-corrected chi connectivity index (χ4v) is 2.82. The van der Waals surface area contributed by atoms with E-state index in [1.165, 1.54) is 22.8 Å². The summed E-state index contributed by atoms with van der Waals surface area (Å²) in [5.41, 5.74) is 0.359. The highest BCUT2D eigenvalue weighted by molar-refractivity contribution is 7.99. The maximum absolute atomic E-state index is 12.0. The Hall–Kier alpha value is -2.42. The van der Waals surface area contributed by atoms with Crippen molar-refractivity contribution in [2.45, 2.75) is 50.2 Å². The Bertz CT molecular complexity index is 789. The van der Waals surface area contributed by atoms with Crippen LogP contribution in [0.25, 0.3) is 5.82 Å². The molecular weight excluding hydrogens is 352 g/mol. The number of nitrogens with zero attached hydrogens (tertiary/aromatic N) is 4. The molecule has 9 heteroatoms. The summed E-state index contributed by atoms with van der Waals surface area (Å²) in [4.78, 5) is 32.3. The molecule has 138 valence electrons. The Kier molecular flexibility index (Phi) is 5.87. The molecule has 1 atom stereocenters. The zero-order valence-corrected chi connectivity index (χ0v) is 15.6. The zero-order chi connectivity index (χ0) is 18.5. The molecule has 2 heterocycles. The van der Waals surface area contributed by atoms with Gasteiger partial charge in [0.2, 0.25) is 5.91 Å². The summed E-state index contributed by atoms with van der Waals surface area (Å²) in [5, 5.41) is 10.8. The van der Waals surface area contributed by atoms with Crippen molar-refractivity contribution in [3.05, 3.63) is 30.4 Å². The van der Waals surface area contributed by atoms with Crippen molar-refractivity contribution in [1.29, 1.82) is 0 Å². The minimum atomic E-state index is -0.170. The Morgan fingerprint density at radius 1 is 1.38 bits per heavy atom. The number of aromatic nitrogens is 4. The van der Waals surface area contributed by atoms with Crippen LogP contribution >= 0.6 is 11.8 Å². The molecule has 26 heavy (non-hydrogen) atoms. The van der Waals surface area contributed by atoms with Gasteiger partial charge in [-0.15, -0.1) is 0 Å². The first-order valence-electron chi connectivity index (χ1n) is 8.66. The normalized spacial score (nSPS) is 14.7. The van der Waals surface area contributed by atoms with Crippen LogP contribution in [0.4, 0.5) is 0 Å². The number of amides is 2. The molecule has 2 aromatic rings. The van der Waals surface area contributed by atoms with Crippen LogP contribution in [0.5, 0.6) is 0 Å². The van der Waals surface area contributed by atoms with Crippen LogP contribution in [0.15, 0.2) is 29.7 Å². The van der Waals surface area contributed by atoms with Gasteiger partial charge < -0.3 is 10.6 Å². The zero-order valence-electron chi connectivity index (χ0n) is 14.8. The van der Waals surface area contributed by atoms with Gasteiger partial charge in [0.25, 0.3) is 5.91 Å². The van der Waals surface area contributed by atoms with Gasteiger partial charge in [0.1, 0.15) is 11.4 Å². The van der Waals surface area contributed by atoms with E-state index in [9.17, 15) is 9.59 Å². The van der Waals surface area contributed by atoms with Gasteiger partial charge in [-0.1, -0.05) is 18.7 Å². The Labute approximate surface area is 156 Å². The fraction of sp³-hybridized carbons (Fsp3) is 0.471. The van der Waals surface area contributed by atoms with E-state index in [-0.39, 0.29) is 29.7 Å². The molecule has 0 aromatic carbocycles. The molecule has 2 N–H and O–H groups in total. The lowest BCUT2D eigenvalue weighted by Crippen LogP contribution is -2.33. The van der Waals surface area contributed by atoms with E-state index in [0.29, 0.717) is 16.5 Å². The first-order chi connectivity index (χ1) is 12.5. The third-order valence-electron chi connectivity index (χ3n) is 3.97. The van der Waals surface area contributed by atoms with Crippen LogP contribution in [0.1, 0.15) is 43.6 Å². The molecule has 0 saturated heterocycles. The summed E-state index contributed by atoms with van der Waals surface area (Å²) in [6, 6.07) is 3.85. The summed E-state index contributed by atoms with van der Waals surface area (Å²) in [6.45, 7) is 4.00. The second-order valence-corrected chi connectivity index (χ2v) is 7.27. The molecule has 8 nitrogen and oxygen atoms in total. The predicted molar refractivity (Wildman–Crippen MR) is 98.3 cm³/mol. The van der Waals surface area contributed by atoms with Crippen molar-refractivity contribution in [1.82, 2.24) is 30.4 Å². The molecule has 1 saturated carbocycles. The lowest BCUT2D eigenvalue weighted by atomic mass is 10.3. The van der Waals surface area contributed by atoms with E-state index in [0.717, 1.165) is 19.3 Å². The van der Waals surface area contributed by atoms with Crippen LogP contribution in [-0.4, -0.2) is 49.4 Å². The molecule has 2 amide bonds. The maximum Gasteiger partial charge on any atom is 0.272 e. The minimum Gasteiger partial charge on any atom is -0.353 e. The molecule has 0 unspecified atom stereocenters. The molecule has 0 bridgehead atoms. The number of thioether (sulfide) groups is 1. The lowest BCUT2D eigenvalue weighted by molar-refractivity contribution is -0.119. The van der Waals surface area contributed by atoms with Crippen LogP contribution in [-0.2, 0) is 4.79 Å². The van der Waals surface area contributed by atoms with Crippen LogP contribution in [0.3, 0.4) is 0 Å². The molecule has 1 fully saturated rings. The maximum atomic E-state index is 12.0. The molecular formula is C17H22N6O2S. The van der Waals surface area contributed by atoms with E-state index >= 15 is 0 Å². The van der Waals surface area contributed by atoms with Gasteiger partial charge in [-0.25, -0.2) is 14.6 Å². The standard InChI is InChI=1S/C17H22N6O2S/c1-3-11(2)20-15(24)9-26-16-8-14(18-10-19-16)23-7-6-13(22-23)17(25)21-12-4-5-12/h6-8,10-12H,3-5,9H2,1-2H3,(H,20,24)(H,21,25)/t11-/m1/s1. The summed E-state index contributed by atoms with van der Waals surface area (Å²) in [7, 11) is 0. The number of nitrogens with one attached hydrogen (secondary N) is 2. The van der Waals surface area contributed by atoms with Crippen molar-refractivity contribution in [3.8, 4) is 5.82 Å². The third kappa shape index (κ3) is 5.04. The average Bonchev–Trinajstić information content (AvgIpc) is 3.31. The number of carbonyl (C=O) groups is 2. The van der Waals surface area contributed by atoms with Gasteiger partial charge in [-0.3, -0.25) is 9.59 Å². The second kappa shape index (κ2) is 8.31. The van der Waals surface area contributed by atoms with Crippen LogP contribution in [0, 0.1) is 0 Å². The summed E-state index contributed by atoms with van der Waals surface area (Å²) in [6.07, 6.45) is 6.07. The van der Waals surface area contributed by atoms with Gasteiger partial charge >= 0.3 is 0 Å². The van der Waals surface area contributed by atoms with Gasteiger partial charge in [0, 0.05) is 24.3 Å². The number of rotatable bonds is 8. The smallest absolute Gasteiger partial charge is 0.272 e. The highest BCUT2D eigenvalue weighted by Gasteiger charge is 2.24. The molecule has 1 aliphatic rings. The highest BCUT2D eigenvalue weighted by atomic mass is 32.2. The number of hydrogen-bond donors (Lipinski definition) is 2. The van der Waals surface area contributed by atoms with Gasteiger partial charge in [0.15, 0.2) is 11.5 Å². The van der Waals surface area contributed by atoms with E-state index in [2.05, 4.69) is 25.7 Å². The number of hydrogen-bond acceptors (Lipinski definition) is 6. The van der Waals surface area contributed by atoms with Crippen molar-refractivity contribution in [3.63, 3.8) is 0 Å². The summed E-state index contributed by atoms with van der Waals surface area (Å²) >= 11 is 1.34. The predicted octanol–water partition coefficient (Wildman–Crippen LogP) is 1.56. The van der Waals surface area contributed by atoms with E-state index in [1.54, 1.807) is 18.3 Å². The van der Waals surface area contributed by atoms with Gasteiger partial charge in [-0.05, 0) is 32.3 Å². The Morgan fingerprint density at radius 3 is 2.92 bits per heavy atom. The van der Waals surface area contributed by atoms with Crippen LogP contribution < -0.4 is 10.6 Å². The van der Waals surface area contributed by atoms with Crippen molar-refractivity contribution in [2.75, 3.05) is 5.75 Å². The van der Waals surface area contributed by atoms with E-state index < -0.39 is 0 Å². The van der Waals surface area contributed by atoms with Crippen LogP contribution in [0.2, 0.25) is 0 Å². The average molecular weight is 374 g/mol. The summed E-state index contributed by atoms with van der Waals surface area (Å²) < 4.78 is 1.53. The Morgan fingerprint density at radius 2 is 2.19 bits per heavy atom. The molecule has 0 radical (unpaired) electrons. The number of carbonyl (C=O) groups excluding carboxylic acids is 2. The fourth-order valence-electron chi connectivity index (χ4n) is 2.15. The van der Waals surface area contributed by atoms with E-state index in [4.69, 9.17) is 0 Å². The van der Waals surface area contributed by atoms with E-state index in [1.807, 2.05) is 13.8 Å². The SMILES string of the molecule is CC[C@@H](C)NC(=O)CSc1cc(-n2ccc(C(=O)NC3CC3)n2)ncn1. The highest BCUT2D eigenvalue weighted by Crippen LogP contribution is 2.19.